The number of hydrogen-bond acceptors (Lipinski definition) is 8. The second-order valence-corrected chi connectivity index (χ2v) is 6.30. The Balaban J connectivity index is 2.27. The lowest BCUT2D eigenvalue weighted by atomic mass is 10.1. The average molecular weight is 366 g/mol. The number of hydrogen-bond donors (Lipinski definition) is 1. The molecule has 10 heteroatoms. The monoisotopic (exact) mass is 366 g/mol. The van der Waals surface area contributed by atoms with Crippen molar-refractivity contribution in [3.8, 4) is 5.75 Å². The van der Waals surface area contributed by atoms with E-state index in [9.17, 15) is 29.6 Å². The van der Waals surface area contributed by atoms with Crippen LogP contribution < -0.4 is 0 Å². The van der Waals surface area contributed by atoms with Crippen molar-refractivity contribution < 1.29 is 29.2 Å². The summed E-state index contributed by atoms with van der Waals surface area (Å²) in [6.07, 6.45) is 0.745. The van der Waals surface area contributed by atoms with Crippen LogP contribution in [0.4, 0.5) is 10.5 Å². The normalized spacial score (nSPS) is 16.0. The second kappa shape index (κ2) is 7.34. The molecule has 25 heavy (non-hydrogen) atoms. The maximum absolute atomic E-state index is 12.3. The Morgan fingerprint density at radius 3 is 2.72 bits per heavy atom. The van der Waals surface area contributed by atoms with Crippen molar-refractivity contribution in [2.45, 2.75) is 20.0 Å². The quantitative estimate of drug-likeness (QED) is 0.364. The second-order valence-electron chi connectivity index (χ2n) is 5.31. The predicted octanol–water partition coefficient (Wildman–Crippen LogP) is 2.29. The van der Waals surface area contributed by atoms with Gasteiger partial charge in [0.25, 0.3) is 16.8 Å². The van der Waals surface area contributed by atoms with Crippen LogP contribution in [0.25, 0.3) is 6.08 Å². The Morgan fingerprint density at radius 2 is 2.12 bits per heavy atom. The van der Waals surface area contributed by atoms with E-state index < -0.39 is 34.7 Å². The number of imide groups is 1. The summed E-state index contributed by atoms with van der Waals surface area (Å²) in [5.74, 6) is -1.72. The number of nitro benzene ring substituents is 1. The molecule has 0 atom stereocenters. The molecule has 0 unspecified atom stereocenters. The smallest absolute Gasteiger partial charge is 0.326 e. The van der Waals surface area contributed by atoms with Crippen molar-refractivity contribution in [3.63, 3.8) is 0 Å². The van der Waals surface area contributed by atoms with E-state index in [1.54, 1.807) is 13.8 Å². The standard InChI is InChI=1S/C15H14N2O7S/c1-8(2)24-13(19)7-16-14(20)12(25-15(16)21)6-9-5-10(18)3-4-11(9)17(22)23/h3-6,8,18H,7H2,1-2H3/b12-6+. The Hall–Kier alpha value is -2.88. The van der Waals surface area contributed by atoms with E-state index in [1.807, 2.05) is 0 Å². The minimum atomic E-state index is -0.756. The summed E-state index contributed by atoms with van der Waals surface area (Å²) in [4.78, 5) is 46.8. The van der Waals surface area contributed by atoms with Gasteiger partial charge in [-0.25, -0.2) is 0 Å². The van der Waals surface area contributed by atoms with E-state index in [0.29, 0.717) is 16.7 Å². The van der Waals surface area contributed by atoms with Gasteiger partial charge in [-0.3, -0.25) is 29.4 Å². The first-order valence-electron chi connectivity index (χ1n) is 7.11. The molecular weight excluding hydrogens is 352 g/mol. The third kappa shape index (κ3) is 4.35. The van der Waals surface area contributed by atoms with Gasteiger partial charge in [-0.15, -0.1) is 0 Å². The number of phenols is 1. The molecule has 1 aromatic rings. The number of carbonyl (C=O) groups excluding carboxylic acids is 3. The summed E-state index contributed by atoms with van der Waals surface area (Å²) in [5.41, 5.74) is -0.357. The Kier molecular flexibility index (Phi) is 5.42. The average Bonchev–Trinajstić information content (AvgIpc) is 2.74. The summed E-state index contributed by atoms with van der Waals surface area (Å²) in [6, 6.07) is 3.34. The zero-order valence-electron chi connectivity index (χ0n) is 13.3. The van der Waals surface area contributed by atoms with Gasteiger partial charge < -0.3 is 9.84 Å². The molecule has 1 aliphatic rings. The lowest BCUT2D eigenvalue weighted by Crippen LogP contribution is -2.35. The van der Waals surface area contributed by atoms with Crippen LogP contribution in [0.1, 0.15) is 19.4 Å². The van der Waals surface area contributed by atoms with Gasteiger partial charge in [-0.05, 0) is 43.8 Å². The number of thioether (sulfide) groups is 1. The van der Waals surface area contributed by atoms with Gasteiger partial charge in [0.15, 0.2) is 0 Å². The van der Waals surface area contributed by atoms with E-state index in [-0.39, 0.29) is 21.9 Å². The third-order valence-electron chi connectivity index (χ3n) is 3.02. The van der Waals surface area contributed by atoms with Crippen LogP contribution in [-0.4, -0.2) is 44.7 Å². The Bertz CT molecular complexity index is 788. The number of nitrogens with zero attached hydrogens (tertiary/aromatic N) is 2. The number of rotatable bonds is 5. The van der Waals surface area contributed by atoms with E-state index in [1.165, 1.54) is 0 Å². The van der Waals surface area contributed by atoms with Crippen molar-refractivity contribution in [2.24, 2.45) is 0 Å². The van der Waals surface area contributed by atoms with Crippen LogP contribution in [0.3, 0.4) is 0 Å². The maximum Gasteiger partial charge on any atom is 0.326 e. The summed E-state index contributed by atoms with van der Waals surface area (Å²) >= 11 is 0.550. The molecule has 2 amide bonds. The summed E-state index contributed by atoms with van der Waals surface area (Å²) in [5, 5.41) is 19.8. The highest BCUT2D eigenvalue weighted by atomic mass is 32.2. The molecule has 9 nitrogen and oxygen atoms in total. The van der Waals surface area contributed by atoms with Crippen molar-refractivity contribution in [2.75, 3.05) is 6.54 Å². The number of phenolic OH excluding ortho intramolecular Hbond substituents is 1. The number of carbonyl (C=O) groups is 3. The first kappa shape index (κ1) is 18.5. The van der Waals surface area contributed by atoms with Crippen LogP contribution in [0.15, 0.2) is 23.1 Å². The van der Waals surface area contributed by atoms with Gasteiger partial charge in [0.1, 0.15) is 12.3 Å². The fourth-order valence-corrected chi connectivity index (χ4v) is 2.86. The third-order valence-corrected chi connectivity index (χ3v) is 3.93. The van der Waals surface area contributed by atoms with Crippen LogP contribution in [0.2, 0.25) is 0 Å². The van der Waals surface area contributed by atoms with Gasteiger partial charge in [0.05, 0.1) is 21.5 Å². The summed E-state index contributed by atoms with van der Waals surface area (Å²) < 4.78 is 4.89. The van der Waals surface area contributed by atoms with Crippen molar-refractivity contribution in [3.05, 3.63) is 38.8 Å². The van der Waals surface area contributed by atoms with E-state index in [0.717, 1.165) is 24.3 Å². The topological polar surface area (TPSA) is 127 Å². The van der Waals surface area contributed by atoms with Gasteiger partial charge in [-0.2, -0.15) is 0 Å². The molecule has 1 aliphatic heterocycles. The molecule has 1 heterocycles. The molecule has 0 aromatic heterocycles. The molecule has 0 aliphatic carbocycles. The number of amides is 2. The molecule has 0 radical (unpaired) electrons. The highest BCUT2D eigenvalue weighted by Crippen LogP contribution is 2.34. The molecule has 1 N–H and O–H groups in total. The Morgan fingerprint density at radius 1 is 1.44 bits per heavy atom. The molecule has 1 saturated heterocycles. The lowest BCUT2D eigenvalue weighted by Gasteiger charge is -2.13. The van der Waals surface area contributed by atoms with Crippen LogP contribution >= 0.6 is 11.8 Å². The SMILES string of the molecule is CC(C)OC(=O)CN1C(=O)S/C(=C/c2cc(O)ccc2[N+](=O)[O-])C1=O. The minimum Gasteiger partial charge on any atom is -0.508 e. The lowest BCUT2D eigenvalue weighted by molar-refractivity contribution is -0.385. The van der Waals surface area contributed by atoms with E-state index in [2.05, 4.69) is 0 Å². The molecule has 132 valence electrons. The summed E-state index contributed by atoms with van der Waals surface area (Å²) in [7, 11) is 0. The molecular formula is C15H14N2O7S. The predicted molar refractivity (Wildman–Crippen MR) is 88.7 cm³/mol. The number of aromatic hydroxyl groups is 1. The first-order valence-corrected chi connectivity index (χ1v) is 7.93. The molecule has 0 bridgehead atoms. The maximum atomic E-state index is 12.3. The molecule has 1 aromatic carbocycles. The van der Waals surface area contributed by atoms with Crippen molar-refractivity contribution >= 4 is 40.6 Å². The molecule has 1 fully saturated rings. The van der Waals surface area contributed by atoms with Gasteiger partial charge in [-0.1, -0.05) is 0 Å². The molecule has 0 spiro atoms. The highest BCUT2D eigenvalue weighted by Gasteiger charge is 2.37. The fourth-order valence-electron chi connectivity index (χ4n) is 2.03. The largest absolute Gasteiger partial charge is 0.508 e. The molecule has 2 rings (SSSR count). The number of esters is 1. The number of nitro groups is 1. The highest BCUT2D eigenvalue weighted by molar-refractivity contribution is 8.18. The number of benzene rings is 1. The van der Waals surface area contributed by atoms with E-state index in [4.69, 9.17) is 4.74 Å². The fraction of sp³-hybridized carbons (Fsp3) is 0.267. The van der Waals surface area contributed by atoms with Crippen LogP contribution in [0.5, 0.6) is 5.75 Å². The van der Waals surface area contributed by atoms with Crippen LogP contribution in [-0.2, 0) is 14.3 Å². The zero-order valence-corrected chi connectivity index (χ0v) is 14.1. The van der Waals surface area contributed by atoms with E-state index >= 15 is 0 Å². The summed E-state index contributed by atoms with van der Waals surface area (Å²) in [6.45, 7) is 2.72. The first-order chi connectivity index (χ1) is 11.7. The molecule has 0 saturated carbocycles. The van der Waals surface area contributed by atoms with Gasteiger partial charge in [0, 0.05) is 6.07 Å². The van der Waals surface area contributed by atoms with Gasteiger partial charge in [0.2, 0.25) is 0 Å². The minimum absolute atomic E-state index is 0.0275. The zero-order chi connectivity index (χ0) is 18.7. The number of ether oxygens (including phenoxy) is 1. The van der Waals surface area contributed by atoms with Crippen LogP contribution in [0, 0.1) is 10.1 Å². The van der Waals surface area contributed by atoms with Crippen molar-refractivity contribution in [1.82, 2.24) is 4.90 Å². The Labute approximate surface area is 146 Å². The van der Waals surface area contributed by atoms with Crippen molar-refractivity contribution in [1.29, 1.82) is 0 Å². The van der Waals surface area contributed by atoms with Gasteiger partial charge >= 0.3 is 5.97 Å².